The molecule has 2 aliphatic heterocycles. The fourth-order valence-electron chi connectivity index (χ4n) is 3.81. The lowest BCUT2D eigenvalue weighted by Crippen LogP contribution is -2.47. The highest BCUT2D eigenvalue weighted by atomic mass is 16.5. The number of piperidine rings is 1. The van der Waals surface area contributed by atoms with Crippen LogP contribution in [0.5, 0.6) is 6.01 Å². The molecular formula is C18H26N4O2. The van der Waals surface area contributed by atoms with Crippen LogP contribution in [0, 0.1) is 0 Å². The molecule has 2 saturated heterocycles. The van der Waals surface area contributed by atoms with E-state index in [4.69, 9.17) is 4.74 Å². The summed E-state index contributed by atoms with van der Waals surface area (Å²) in [6.07, 6.45) is 10.0. The SMILES string of the molecule is CCc1cnc(OC2CCN(C3CCN(C4CC4)C3=O)CC2)nc1. The van der Waals surface area contributed by atoms with Gasteiger partial charge in [0.1, 0.15) is 6.10 Å². The molecule has 1 aliphatic carbocycles. The van der Waals surface area contributed by atoms with Gasteiger partial charge in [0.05, 0.1) is 6.04 Å². The van der Waals surface area contributed by atoms with Crippen LogP contribution in [0.25, 0.3) is 0 Å². The van der Waals surface area contributed by atoms with E-state index in [0.29, 0.717) is 18.0 Å². The van der Waals surface area contributed by atoms with Crippen molar-refractivity contribution in [3.63, 3.8) is 0 Å². The number of carbonyl (C=O) groups excluding carboxylic acids is 1. The second-order valence-electron chi connectivity index (χ2n) is 7.15. The summed E-state index contributed by atoms with van der Waals surface area (Å²) < 4.78 is 5.92. The van der Waals surface area contributed by atoms with Gasteiger partial charge in [-0.2, -0.15) is 0 Å². The molecule has 4 rings (SSSR count). The van der Waals surface area contributed by atoms with Crippen LogP contribution in [0.2, 0.25) is 0 Å². The zero-order valence-electron chi connectivity index (χ0n) is 14.4. The molecule has 3 aliphatic rings. The monoisotopic (exact) mass is 330 g/mol. The first-order valence-electron chi connectivity index (χ1n) is 9.26. The van der Waals surface area contributed by atoms with Crippen molar-refractivity contribution >= 4 is 5.91 Å². The van der Waals surface area contributed by atoms with Crippen molar-refractivity contribution in [1.29, 1.82) is 0 Å². The summed E-state index contributed by atoms with van der Waals surface area (Å²) in [5, 5.41) is 0. The van der Waals surface area contributed by atoms with Gasteiger partial charge in [-0.3, -0.25) is 9.69 Å². The van der Waals surface area contributed by atoms with Crippen LogP contribution >= 0.6 is 0 Å². The van der Waals surface area contributed by atoms with E-state index in [9.17, 15) is 4.79 Å². The number of nitrogens with zero attached hydrogens (tertiary/aromatic N) is 4. The topological polar surface area (TPSA) is 58.6 Å². The molecule has 1 aromatic rings. The fourth-order valence-corrected chi connectivity index (χ4v) is 3.81. The van der Waals surface area contributed by atoms with E-state index in [2.05, 4.69) is 26.7 Å². The molecule has 0 aromatic carbocycles. The Hall–Kier alpha value is -1.69. The van der Waals surface area contributed by atoms with E-state index in [1.165, 1.54) is 12.8 Å². The first-order chi connectivity index (χ1) is 11.7. The Bertz CT molecular complexity index is 579. The maximum atomic E-state index is 12.6. The van der Waals surface area contributed by atoms with Crippen molar-refractivity contribution in [1.82, 2.24) is 19.8 Å². The van der Waals surface area contributed by atoms with Gasteiger partial charge in [-0.1, -0.05) is 6.92 Å². The van der Waals surface area contributed by atoms with Gasteiger partial charge in [0, 0.05) is 38.1 Å². The number of carbonyl (C=O) groups is 1. The zero-order chi connectivity index (χ0) is 16.5. The first kappa shape index (κ1) is 15.8. The van der Waals surface area contributed by atoms with Crippen molar-refractivity contribution in [3.05, 3.63) is 18.0 Å². The molecular weight excluding hydrogens is 304 g/mol. The predicted octanol–water partition coefficient (Wildman–Crippen LogP) is 1.65. The first-order valence-corrected chi connectivity index (χ1v) is 9.26. The highest BCUT2D eigenvalue weighted by Crippen LogP contribution is 2.32. The lowest BCUT2D eigenvalue weighted by atomic mass is 10.0. The van der Waals surface area contributed by atoms with Crippen LogP contribution in [-0.4, -0.2) is 63.5 Å². The van der Waals surface area contributed by atoms with E-state index in [-0.39, 0.29) is 12.1 Å². The quantitative estimate of drug-likeness (QED) is 0.821. The summed E-state index contributed by atoms with van der Waals surface area (Å²) in [7, 11) is 0. The third-order valence-corrected chi connectivity index (χ3v) is 5.48. The molecule has 130 valence electrons. The van der Waals surface area contributed by atoms with Gasteiger partial charge in [-0.15, -0.1) is 0 Å². The minimum atomic E-state index is 0.103. The zero-order valence-corrected chi connectivity index (χ0v) is 14.4. The third kappa shape index (κ3) is 3.24. The molecule has 6 nitrogen and oxygen atoms in total. The highest BCUT2D eigenvalue weighted by Gasteiger charge is 2.43. The summed E-state index contributed by atoms with van der Waals surface area (Å²) in [5.74, 6) is 0.357. The van der Waals surface area contributed by atoms with Crippen LogP contribution in [-0.2, 0) is 11.2 Å². The second kappa shape index (κ2) is 6.67. The van der Waals surface area contributed by atoms with Gasteiger partial charge in [0.2, 0.25) is 5.91 Å². The molecule has 6 heteroatoms. The third-order valence-electron chi connectivity index (χ3n) is 5.48. The average molecular weight is 330 g/mol. The van der Waals surface area contributed by atoms with Crippen molar-refractivity contribution in [3.8, 4) is 6.01 Å². The molecule has 1 amide bonds. The predicted molar refractivity (Wildman–Crippen MR) is 89.8 cm³/mol. The Balaban J connectivity index is 1.28. The Labute approximate surface area is 143 Å². The minimum absolute atomic E-state index is 0.103. The van der Waals surface area contributed by atoms with Gasteiger partial charge < -0.3 is 9.64 Å². The van der Waals surface area contributed by atoms with Crippen LogP contribution in [0.15, 0.2) is 12.4 Å². The molecule has 1 unspecified atom stereocenters. The molecule has 0 spiro atoms. The standard InChI is InChI=1S/C18H26N4O2/c1-2-13-11-19-18(20-12-13)24-15-5-8-21(9-6-15)16-7-10-22(17(16)23)14-3-4-14/h11-12,14-16H,2-10H2,1H3. The second-order valence-corrected chi connectivity index (χ2v) is 7.15. The van der Waals surface area contributed by atoms with E-state index in [1.807, 2.05) is 12.4 Å². The average Bonchev–Trinajstić information content (AvgIpc) is 3.39. The van der Waals surface area contributed by atoms with E-state index in [1.54, 1.807) is 0 Å². The summed E-state index contributed by atoms with van der Waals surface area (Å²) in [6.45, 7) is 4.88. The molecule has 1 atom stereocenters. The van der Waals surface area contributed by atoms with Gasteiger partial charge in [-0.25, -0.2) is 9.97 Å². The fraction of sp³-hybridized carbons (Fsp3) is 0.722. The van der Waals surface area contributed by atoms with Gasteiger partial charge >= 0.3 is 6.01 Å². The number of hydrogen-bond acceptors (Lipinski definition) is 5. The van der Waals surface area contributed by atoms with Crippen molar-refractivity contribution in [2.75, 3.05) is 19.6 Å². The van der Waals surface area contributed by atoms with E-state index in [0.717, 1.165) is 50.9 Å². The largest absolute Gasteiger partial charge is 0.460 e. The number of hydrogen-bond donors (Lipinski definition) is 0. The highest BCUT2D eigenvalue weighted by molar-refractivity contribution is 5.84. The smallest absolute Gasteiger partial charge is 0.316 e. The number of amides is 1. The lowest BCUT2D eigenvalue weighted by Gasteiger charge is -2.34. The molecule has 3 fully saturated rings. The normalized spacial score (nSPS) is 26.1. The minimum Gasteiger partial charge on any atom is -0.460 e. The molecule has 0 N–H and O–H groups in total. The summed E-state index contributed by atoms with van der Waals surface area (Å²) in [6, 6.07) is 1.13. The molecule has 0 bridgehead atoms. The maximum absolute atomic E-state index is 12.6. The van der Waals surface area contributed by atoms with Crippen LogP contribution < -0.4 is 4.74 Å². The number of aromatic nitrogens is 2. The Morgan fingerprint density at radius 2 is 1.79 bits per heavy atom. The van der Waals surface area contributed by atoms with Gasteiger partial charge in [0.25, 0.3) is 0 Å². The summed E-state index contributed by atoms with van der Waals surface area (Å²) in [5.41, 5.74) is 1.12. The van der Waals surface area contributed by atoms with Crippen molar-refractivity contribution in [2.45, 2.75) is 63.6 Å². The maximum Gasteiger partial charge on any atom is 0.316 e. The number of ether oxygens (including phenoxy) is 1. The Kier molecular flexibility index (Phi) is 4.39. The molecule has 3 heterocycles. The summed E-state index contributed by atoms with van der Waals surface area (Å²) in [4.78, 5) is 25.6. The summed E-state index contributed by atoms with van der Waals surface area (Å²) >= 11 is 0. The van der Waals surface area contributed by atoms with Gasteiger partial charge in [-0.05, 0) is 44.1 Å². The number of likely N-dealkylation sites (tertiary alicyclic amines) is 2. The van der Waals surface area contributed by atoms with Crippen molar-refractivity contribution < 1.29 is 9.53 Å². The molecule has 1 aromatic heterocycles. The Morgan fingerprint density at radius 1 is 1.08 bits per heavy atom. The van der Waals surface area contributed by atoms with Gasteiger partial charge in [0.15, 0.2) is 0 Å². The van der Waals surface area contributed by atoms with Crippen molar-refractivity contribution in [2.24, 2.45) is 0 Å². The van der Waals surface area contributed by atoms with E-state index < -0.39 is 0 Å². The lowest BCUT2D eigenvalue weighted by molar-refractivity contribution is -0.133. The Morgan fingerprint density at radius 3 is 2.42 bits per heavy atom. The number of aryl methyl sites for hydroxylation is 1. The van der Waals surface area contributed by atoms with Crippen LogP contribution in [0.1, 0.15) is 44.6 Å². The molecule has 0 radical (unpaired) electrons. The van der Waals surface area contributed by atoms with Crippen LogP contribution in [0.3, 0.4) is 0 Å². The molecule has 24 heavy (non-hydrogen) atoms. The van der Waals surface area contributed by atoms with Crippen LogP contribution in [0.4, 0.5) is 0 Å². The number of rotatable bonds is 5. The van der Waals surface area contributed by atoms with E-state index >= 15 is 0 Å². The molecule has 1 saturated carbocycles.